The van der Waals surface area contributed by atoms with Crippen LogP contribution in [-0.4, -0.2) is 55.6 Å². The second-order valence-electron chi connectivity index (χ2n) is 6.53. The lowest BCUT2D eigenvalue weighted by molar-refractivity contribution is -0.136. The zero-order chi connectivity index (χ0) is 16.9. The van der Waals surface area contributed by atoms with Crippen LogP contribution in [0.4, 0.5) is 0 Å². The summed E-state index contributed by atoms with van der Waals surface area (Å²) in [5.74, 6) is 0.222. The van der Waals surface area contributed by atoms with Gasteiger partial charge in [0.05, 0.1) is 12.6 Å². The predicted molar refractivity (Wildman–Crippen MR) is 96.9 cm³/mol. The highest BCUT2D eigenvalue weighted by Crippen LogP contribution is 2.22. The fourth-order valence-electron chi connectivity index (χ4n) is 3.54. The molecule has 1 aliphatic heterocycles. The van der Waals surface area contributed by atoms with Crippen LogP contribution in [0.3, 0.4) is 0 Å². The summed E-state index contributed by atoms with van der Waals surface area (Å²) in [7, 11) is 3.73. The molecule has 4 nitrogen and oxygen atoms in total. The van der Waals surface area contributed by atoms with Gasteiger partial charge in [0.15, 0.2) is 0 Å². The molecule has 128 valence electrons. The monoisotopic (exact) mass is 326 g/mol. The standard InChI is InChI=1S/C20H26N2O2/c1-21-12-6-11-19(21)20(23)22(13-14-24-2)15-17-9-5-8-16-7-3-4-10-18(16)17/h3-5,7-10,19H,6,11-15H2,1-2H3/t19-/m0/s1. The number of rotatable bonds is 6. The maximum Gasteiger partial charge on any atom is 0.240 e. The Morgan fingerprint density at radius 2 is 2.04 bits per heavy atom. The van der Waals surface area contributed by atoms with E-state index in [4.69, 9.17) is 4.74 Å². The average molecular weight is 326 g/mol. The fraction of sp³-hybridized carbons (Fsp3) is 0.450. The summed E-state index contributed by atoms with van der Waals surface area (Å²) < 4.78 is 5.23. The van der Waals surface area contributed by atoms with Crippen LogP contribution in [0.5, 0.6) is 0 Å². The van der Waals surface area contributed by atoms with E-state index < -0.39 is 0 Å². The molecule has 1 heterocycles. The summed E-state index contributed by atoms with van der Waals surface area (Å²) in [6.07, 6.45) is 2.05. The molecule has 1 aliphatic rings. The summed E-state index contributed by atoms with van der Waals surface area (Å²) in [5.41, 5.74) is 1.19. The van der Waals surface area contributed by atoms with Gasteiger partial charge in [0.2, 0.25) is 5.91 Å². The second kappa shape index (κ2) is 7.77. The zero-order valence-electron chi connectivity index (χ0n) is 14.6. The van der Waals surface area contributed by atoms with Gasteiger partial charge in [0, 0.05) is 20.2 Å². The third-order valence-electron chi connectivity index (χ3n) is 4.92. The molecule has 0 radical (unpaired) electrons. The first-order chi connectivity index (χ1) is 11.7. The van der Waals surface area contributed by atoms with Crippen LogP contribution in [0.2, 0.25) is 0 Å². The van der Waals surface area contributed by atoms with Gasteiger partial charge in [0.25, 0.3) is 0 Å². The largest absolute Gasteiger partial charge is 0.383 e. The van der Waals surface area contributed by atoms with Gasteiger partial charge in [-0.1, -0.05) is 42.5 Å². The topological polar surface area (TPSA) is 32.8 Å². The van der Waals surface area contributed by atoms with Crippen molar-refractivity contribution in [1.29, 1.82) is 0 Å². The number of methoxy groups -OCH3 is 1. The number of nitrogens with zero attached hydrogens (tertiary/aromatic N) is 2. The Morgan fingerprint density at radius 1 is 1.25 bits per heavy atom. The molecule has 1 fully saturated rings. The molecule has 3 rings (SSSR count). The van der Waals surface area contributed by atoms with Gasteiger partial charge in [0.1, 0.15) is 0 Å². The molecule has 4 heteroatoms. The van der Waals surface area contributed by atoms with Crippen molar-refractivity contribution >= 4 is 16.7 Å². The Balaban J connectivity index is 1.84. The second-order valence-corrected chi connectivity index (χ2v) is 6.53. The summed E-state index contributed by atoms with van der Waals surface area (Å²) in [5, 5.41) is 2.43. The Morgan fingerprint density at radius 3 is 2.79 bits per heavy atom. The van der Waals surface area contributed by atoms with E-state index in [1.807, 2.05) is 18.0 Å². The molecule has 1 amide bonds. The van der Waals surface area contributed by atoms with Crippen LogP contribution in [-0.2, 0) is 16.1 Å². The normalized spacial score (nSPS) is 18.2. The van der Waals surface area contributed by atoms with Gasteiger partial charge in [-0.05, 0) is 42.8 Å². The van der Waals surface area contributed by atoms with Gasteiger partial charge < -0.3 is 9.64 Å². The number of fused-ring (bicyclic) bond motifs is 1. The molecule has 0 bridgehead atoms. The molecule has 24 heavy (non-hydrogen) atoms. The van der Waals surface area contributed by atoms with E-state index in [9.17, 15) is 4.79 Å². The Hall–Kier alpha value is -1.91. The molecule has 2 aromatic rings. The van der Waals surface area contributed by atoms with E-state index in [-0.39, 0.29) is 11.9 Å². The minimum Gasteiger partial charge on any atom is -0.383 e. The molecule has 0 N–H and O–H groups in total. The number of likely N-dealkylation sites (N-methyl/N-ethyl adjacent to an activating group) is 1. The lowest BCUT2D eigenvalue weighted by Crippen LogP contribution is -2.45. The first-order valence-electron chi connectivity index (χ1n) is 8.65. The van der Waals surface area contributed by atoms with Crippen LogP contribution < -0.4 is 0 Å². The Bertz CT molecular complexity index is 696. The van der Waals surface area contributed by atoms with Crippen LogP contribution in [0.1, 0.15) is 18.4 Å². The van der Waals surface area contributed by atoms with Gasteiger partial charge in [-0.3, -0.25) is 9.69 Å². The molecular formula is C20H26N2O2. The maximum atomic E-state index is 13.0. The zero-order valence-corrected chi connectivity index (χ0v) is 14.6. The molecule has 0 spiro atoms. The number of hydrogen-bond donors (Lipinski definition) is 0. The molecule has 0 aliphatic carbocycles. The molecule has 0 unspecified atom stereocenters. The molecule has 1 saturated heterocycles. The molecule has 2 aromatic carbocycles. The summed E-state index contributed by atoms with van der Waals surface area (Å²) in [6.45, 7) is 2.83. The number of hydrogen-bond acceptors (Lipinski definition) is 3. The molecular weight excluding hydrogens is 300 g/mol. The summed E-state index contributed by atoms with van der Waals surface area (Å²) >= 11 is 0. The van der Waals surface area contributed by atoms with Crippen LogP contribution in [0.25, 0.3) is 10.8 Å². The van der Waals surface area contributed by atoms with Crippen molar-refractivity contribution in [3.8, 4) is 0 Å². The predicted octanol–water partition coefficient (Wildman–Crippen LogP) is 2.91. The van der Waals surface area contributed by atoms with Gasteiger partial charge in [-0.2, -0.15) is 0 Å². The van der Waals surface area contributed by atoms with E-state index >= 15 is 0 Å². The minimum absolute atomic E-state index is 0.0110. The van der Waals surface area contributed by atoms with Crippen molar-refractivity contribution in [3.63, 3.8) is 0 Å². The van der Waals surface area contributed by atoms with Crippen molar-refractivity contribution in [2.45, 2.75) is 25.4 Å². The number of likely N-dealkylation sites (tertiary alicyclic amines) is 1. The van der Waals surface area contributed by atoms with Gasteiger partial charge in [-0.15, -0.1) is 0 Å². The number of ether oxygens (including phenoxy) is 1. The lowest BCUT2D eigenvalue weighted by Gasteiger charge is -2.29. The van der Waals surface area contributed by atoms with Crippen molar-refractivity contribution in [3.05, 3.63) is 48.0 Å². The molecule has 0 aromatic heterocycles. The smallest absolute Gasteiger partial charge is 0.240 e. The first kappa shape index (κ1) is 16.9. The van der Waals surface area contributed by atoms with E-state index in [2.05, 4.69) is 41.3 Å². The van der Waals surface area contributed by atoms with Gasteiger partial charge >= 0.3 is 0 Å². The number of carbonyl (C=O) groups is 1. The van der Waals surface area contributed by atoms with E-state index in [0.717, 1.165) is 19.4 Å². The summed E-state index contributed by atoms with van der Waals surface area (Å²) in [6, 6.07) is 14.7. The van der Waals surface area contributed by atoms with Gasteiger partial charge in [-0.25, -0.2) is 0 Å². The minimum atomic E-state index is 0.0110. The van der Waals surface area contributed by atoms with Crippen LogP contribution >= 0.6 is 0 Å². The van der Waals surface area contributed by atoms with E-state index in [1.165, 1.54) is 16.3 Å². The molecule has 1 atom stereocenters. The quantitative estimate of drug-likeness (QED) is 0.818. The maximum absolute atomic E-state index is 13.0. The highest BCUT2D eigenvalue weighted by atomic mass is 16.5. The average Bonchev–Trinajstić information content (AvgIpc) is 3.04. The Kier molecular flexibility index (Phi) is 5.48. The highest BCUT2D eigenvalue weighted by molar-refractivity contribution is 5.87. The van der Waals surface area contributed by atoms with E-state index in [1.54, 1.807) is 7.11 Å². The fourth-order valence-corrected chi connectivity index (χ4v) is 3.54. The lowest BCUT2D eigenvalue weighted by atomic mass is 10.0. The third-order valence-corrected chi connectivity index (χ3v) is 4.92. The number of carbonyl (C=O) groups excluding carboxylic acids is 1. The number of benzene rings is 2. The first-order valence-corrected chi connectivity index (χ1v) is 8.65. The summed E-state index contributed by atoms with van der Waals surface area (Å²) in [4.78, 5) is 17.2. The SMILES string of the molecule is COCCN(Cc1cccc2ccccc12)C(=O)[C@@H]1CCCN1C. The molecule has 0 saturated carbocycles. The van der Waals surface area contributed by atoms with Crippen molar-refractivity contribution < 1.29 is 9.53 Å². The number of amides is 1. The van der Waals surface area contributed by atoms with Crippen molar-refractivity contribution in [1.82, 2.24) is 9.80 Å². The highest BCUT2D eigenvalue weighted by Gasteiger charge is 2.31. The van der Waals surface area contributed by atoms with Crippen molar-refractivity contribution in [2.75, 3.05) is 33.9 Å². The third kappa shape index (κ3) is 3.60. The van der Waals surface area contributed by atoms with Crippen LogP contribution in [0.15, 0.2) is 42.5 Å². The Labute approximate surface area is 144 Å². The van der Waals surface area contributed by atoms with E-state index in [0.29, 0.717) is 19.7 Å². The van der Waals surface area contributed by atoms with Crippen molar-refractivity contribution in [2.24, 2.45) is 0 Å². The van der Waals surface area contributed by atoms with Crippen LogP contribution in [0, 0.1) is 0 Å².